The number of carbonyl (C=O) groups excluding carboxylic acids is 2. The van der Waals surface area contributed by atoms with Gasteiger partial charge in [-0.3, -0.25) is 14.2 Å². The Balaban J connectivity index is 3.85. The lowest BCUT2D eigenvalue weighted by molar-refractivity contribution is -0.870. The predicted octanol–water partition coefficient (Wildman–Crippen LogP) is 28.5. The van der Waals surface area contributed by atoms with Crippen molar-refractivity contribution in [3.05, 3.63) is 24.3 Å². The first-order chi connectivity index (χ1) is 47.5. The van der Waals surface area contributed by atoms with Gasteiger partial charge in [-0.2, -0.15) is 0 Å². The number of hydrogen-bond acceptors (Lipinski definition) is 8. The predicted molar refractivity (Wildman–Crippen MR) is 421 cm³/mol. The highest BCUT2D eigenvalue weighted by atomic mass is 31.2. The van der Waals surface area contributed by atoms with Crippen molar-refractivity contribution in [3.8, 4) is 0 Å². The number of allylic oxidation sites excluding steroid dienone is 4. The maximum absolute atomic E-state index is 12.9. The minimum atomic E-state index is -4.64. The van der Waals surface area contributed by atoms with Crippen LogP contribution < -0.4 is 4.89 Å². The molecule has 0 aliphatic rings. The fourth-order valence-electron chi connectivity index (χ4n) is 13.6. The Hall–Kier alpha value is -1.51. The summed E-state index contributed by atoms with van der Waals surface area (Å²) in [7, 11) is 1.20. The lowest BCUT2D eigenvalue weighted by atomic mass is 10.0. The zero-order valence-corrected chi connectivity index (χ0v) is 67.0. The summed E-state index contributed by atoms with van der Waals surface area (Å²) in [4.78, 5) is 38.2. The topological polar surface area (TPSA) is 111 Å². The van der Waals surface area contributed by atoms with Gasteiger partial charge < -0.3 is 27.9 Å². The van der Waals surface area contributed by atoms with Crippen LogP contribution in [0.15, 0.2) is 24.3 Å². The monoisotopic (exact) mass is 1390 g/mol. The third-order valence-electron chi connectivity index (χ3n) is 20.2. The molecule has 0 bridgehead atoms. The van der Waals surface area contributed by atoms with Crippen LogP contribution in [0.3, 0.4) is 0 Å². The molecule has 0 aliphatic heterocycles. The van der Waals surface area contributed by atoms with Crippen LogP contribution in [-0.4, -0.2) is 70.0 Å². The molecule has 0 heterocycles. The van der Waals surface area contributed by atoms with E-state index in [1.54, 1.807) is 0 Å². The standard InChI is InChI=1S/C87H170NO8P/c1-6-8-10-12-14-16-18-20-22-24-26-28-30-32-34-36-38-40-42-44-46-48-50-52-54-56-58-60-62-64-66-68-70-72-74-76-78-80-87(90)96-85(84-95-97(91,92)94-82-81-88(3,4)5)83-93-86(89)79-77-75-73-71-69-67-65-63-61-59-57-55-53-51-49-47-45-43-41-39-37-35-33-31-29-27-25-23-21-19-17-15-13-11-9-7-2/h18,20,24,26,85H,6-17,19,21-23,25,27-84H2,1-5H3/b20-18-,26-24-. The van der Waals surface area contributed by atoms with Gasteiger partial charge in [-0.25, -0.2) is 0 Å². The van der Waals surface area contributed by atoms with Crippen molar-refractivity contribution in [2.75, 3.05) is 47.5 Å². The molecule has 0 aliphatic carbocycles. The summed E-state index contributed by atoms with van der Waals surface area (Å²) in [6, 6.07) is 0. The number of quaternary nitrogens is 1. The molecule has 0 saturated carbocycles. The van der Waals surface area contributed by atoms with Crippen LogP contribution in [0.1, 0.15) is 470 Å². The number of rotatable bonds is 83. The van der Waals surface area contributed by atoms with Gasteiger partial charge in [0.2, 0.25) is 0 Å². The van der Waals surface area contributed by atoms with Crippen LogP contribution >= 0.6 is 7.82 Å². The molecule has 0 fully saturated rings. The van der Waals surface area contributed by atoms with Gasteiger partial charge in [-0.05, 0) is 44.9 Å². The zero-order valence-electron chi connectivity index (χ0n) is 66.1. The number of nitrogens with zero attached hydrogens (tertiary/aromatic N) is 1. The van der Waals surface area contributed by atoms with Crippen LogP contribution in [0.4, 0.5) is 0 Å². The second-order valence-corrected chi connectivity index (χ2v) is 32.7. The van der Waals surface area contributed by atoms with E-state index in [1.165, 1.54) is 398 Å². The Morgan fingerprint density at radius 3 is 0.814 bits per heavy atom. The third kappa shape index (κ3) is 83.3. The van der Waals surface area contributed by atoms with Gasteiger partial charge in [0.05, 0.1) is 27.7 Å². The van der Waals surface area contributed by atoms with E-state index in [2.05, 4.69) is 38.2 Å². The summed E-state index contributed by atoms with van der Waals surface area (Å²) in [6.07, 6.45) is 102. The summed E-state index contributed by atoms with van der Waals surface area (Å²) in [5.74, 6) is -0.802. The van der Waals surface area contributed by atoms with Crippen molar-refractivity contribution in [1.29, 1.82) is 0 Å². The Labute approximate surface area is 606 Å². The number of ether oxygens (including phenoxy) is 2. The average molecular weight is 1390 g/mol. The first kappa shape index (κ1) is 95.5. The van der Waals surface area contributed by atoms with Crippen molar-refractivity contribution in [1.82, 2.24) is 0 Å². The van der Waals surface area contributed by atoms with E-state index in [9.17, 15) is 19.0 Å². The highest BCUT2D eigenvalue weighted by Gasteiger charge is 2.22. The normalized spacial score (nSPS) is 13.0. The fraction of sp³-hybridized carbons (Fsp3) is 0.931. The van der Waals surface area contributed by atoms with E-state index in [4.69, 9.17) is 18.5 Å². The lowest BCUT2D eigenvalue weighted by Gasteiger charge is -2.28. The second kappa shape index (κ2) is 78.6. The Bertz CT molecular complexity index is 1680. The average Bonchev–Trinajstić information content (AvgIpc) is 1.41. The summed E-state index contributed by atoms with van der Waals surface area (Å²) in [6.45, 7) is 4.33. The largest absolute Gasteiger partial charge is 0.756 e. The van der Waals surface area contributed by atoms with Crippen molar-refractivity contribution < 1.29 is 42.1 Å². The molecule has 10 heteroatoms. The molecule has 0 rings (SSSR count). The zero-order chi connectivity index (χ0) is 70.4. The van der Waals surface area contributed by atoms with E-state index in [0.717, 1.165) is 38.5 Å². The lowest BCUT2D eigenvalue weighted by Crippen LogP contribution is -2.37. The molecule has 0 aromatic rings. The highest BCUT2D eigenvalue weighted by molar-refractivity contribution is 7.45. The van der Waals surface area contributed by atoms with Crippen LogP contribution in [0, 0.1) is 0 Å². The molecule has 2 unspecified atom stereocenters. The number of likely N-dealkylation sites (N-methyl/N-ethyl adjacent to an activating group) is 1. The van der Waals surface area contributed by atoms with Crippen molar-refractivity contribution in [2.24, 2.45) is 0 Å². The second-order valence-electron chi connectivity index (χ2n) is 31.3. The van der Waals surface area contributed by atoms with Gasteiger partial charge in [-0.1, -0.05) is 436 Å². The molecule has 0 amide bonds. The van der Waals surface area contributed by atoms with E-state index >= 15 is 0 Å². The summed E-state index contributed by atoms with van der Waals surface area (Å²) >= 11 is 0. The molecular formula is C87H170NO8P. The molecule has 0 spiro atoms. The Morgan fingerprint density at radius 2 is 0.557 bits per heavy atom. The van der Waals surface area contributed by atoms with E-state index < -0.39 is 26.5 Å². The van der Waals surface area contributed by atoms with Crippen molar-refractivity contribution in [3.63, 3.8) is 0 Å². The maximum Gasteiger partial charge on any atom is 0.306 e. The SMILES string of the molecule is CCCCCCC/C=C\C/C=C\CCCCCCCCCCCCCCCCCCCCCCCCCCCC(=O)OC(COC(=O)CCCCCCCCCCCCCCCCCCCCCCCCCCCCCCCCCCCCCC)COP(=O)([O-])OCC[N+](C)(C)C. The van der Waals surface area contributed by atoms with Crippen molar-refractivity contribution in [2.45, 2.75) is 476 Å². The first-order valence-corrected chi connectivity index (χ1v) is 45.0. The number of esters is 2. The molecule has 0 N–H and O–H groups in total. The van der Waals surface area contributed by atoms with E-state index in [0.29, 0.717) is 17.4 Å². The van der Waals surface area contributed by atoms with Gasteiger partial charge in [0.1, 0.15) is 19.8 Å². The number of phosphoric ester groups is 1. The summed E-state index contributed by atoms with van der Waals surface area (Å²) in [5, 5.41) is 0. The number of hydrogen-bond donors (Lipinski definition) is 0. The summed E-state index contributed by atoms with van der Waals surface area (Å²) in [5.41, 5.74) is 0. The smallest absolute Gasteiger partial charge is 0.306 e. The van der Waals surface area contributed by atoms with E-state index in [-0.39, 0.29) is 32.0 Å². The van der Waals surface area contributed by atoms with Gasteiger partial charge in [0, 0.05) is 12.8 Å². The van der Waals surface area contributed by atoms with Crippen LogP contribution in [0.25, 0.3) is 0 Å². The minimum Gasteiger partial charge on any atom is -0.756 e. The van der Waals surface area contributed by atoms with Gasteiger partial charge in [0.15, 0.2) is 6.10 Å². The van der Waals surface area contributed by atoms with Gasteiger partial charge in [0.25, 0.3) is 7.82 Å². The third-order valence-corrected chi connectivity index (χ3v) is 21.2. The fourth-order valence-corrected chi connectivity index (χ4v) is 14.3. The van der Waals surface area contributed by atoms with Gasteiger partial charge >= 0.3 is 11.9 Å². The molecule has 576 valence electrons. The number of phosphoric acid groups is 1. The molecule has 9 nitrogen and oxygen atoms in total. The van der Waals surface area contributed by atoms with E-state index in [1.807, 2.05) is 21.1 Å². The molecule has 0 saturated heterocycles. The van der Waals surface area contributed by atoms with Crippen LogP contribution in [0.5, 0.6) is 0 Å². The number of unbranched alkanes of at least 4 members (excludes halogenated alkanes) is 65. The molecule has 0 radical (unpaired) electrons. The minimum absolute atomic E-state index is 0.0259. The van der Waals surface area contributed by atoms with Crippen LogP contribution in [0.2, 0.25) is 0 Å². The summed E-state index contributed by atoms with van der Waals surface area (Å²) < 4.78 is 34.5. The Morgan fingerprint density at radius 1 is 0.320 bits per heavy atom. The molecule has 2 atom stereocenters. The van der Waals surface area contributed by atoms with Crippen LogP contribution in [-0.2, 0) is 32.7 Å². The Kier molecular flexibility index (Phi) is 77.4. The molecular weight excluding hydrogens is 1220 g/mol. The molecule has 97 heavy (non-hydrogen) atoms. The quantitative estimate of drug-likeness (QED) is 0.0195. The maximum atomic E-state index is 12.9. The highest BCUT2D eigenvalue weighted by Crippen LogP contribution is 2.38. The van der Waals surface area contributed by atoms with Gasteiger partial charge in [-0.15, -0.1) is 0 Å². The molecule has 0 aromatic heterocycles. The molecule has 0 aromatic carbocycles. The first-order valence-electron chi connectivity index (χ1n) is 43.5. The number of carbonyl (C=O) groups is 2. The van der Waals surface area contributed by atoms with Crippen molar-refractivity contribution >= 4 is 19.8 Å².